The fourth-order valence-corrected chi connectivity index (χ4v) is 1.92. The Morgan fingerprint density at radius 3 is 2.77 bits per heavy atom. The minimum atomic E-state index is -0.0249. The van der Waals surface area contributed by atoms with Crippen molar-refractivity contribution in [3.8, 4) is 0 Å². The van der Waals surface area contributed by atoms with Gasteiger partial charge in [0.05, 0.1) is 17.2 Å². The van der Waals surface area contributed by atoms with Gasteiger partial charge in [-0.25, -0.2) is 4.98 Å². The van der Waals surface area contributed by atoms with Gasteiger partial charge in [-0.05, 0) is 13.3 Å². The smallest absolute Gasteiger partial charge is 0.191 e. The molecule has 1 N–H and O–H groups in total. The number of hydrogen-bond acceptors (Lipinski definition) is 4. The third-order valence-electron chi connectivity index (χ3n) is 1.75. The van der Waals surface area contributed by atoms with Gasteiger partial charge < -0.3 is 5.11 Å². The van der Waals surface area contributed by atoms with Crippen molar-refractivity contribution in [3.05, 3.63) is 15.6 Å². The van der Waals surface area contributed by atoms with Crippen LogP contribution in [0.1, 0.15) is 40.1 Å². The summed E-state index contributed by atoms with van der Waals surface area (Å²) in [5, 5.41) is 9.43. The van der Waals surface area contributed by atoms with Crippen LogP contribution in [-0.4, -0.2) is 15.9 Å². The van der Waals surface area contributed by atoms with Gasteiger partial charge in [0.15, 0.2) is 10.8 Å². The number of hydrogen-bond donors (Lipinski definition) is 1. The van der Waals surface area contributed by atoms with Gasteiger partial charge in [0.2, 0.25) is 0 Å². The molecule has 0 amide bonds. The molecular formula is C9H13NO2S. The molecule has 72 valence electrons. The average Bonchev–Trinajstić information content (AvgIpc) is 2.47. The number of carbonyl (C=O) groups is 1. The van der Waals surface area contributed by atoms with Gasteiger partial charge in [0, 0.05) is 6.42 Å². The summed E-state index contributed by atoms with van der Waals surface area (Å²) in [7, 11) is 0. The van der Waals surface area contributed by atoms with Crippen LogP contribution in [0.25, 0.3) is 0 Å². The highest BCUT2D eigenvalue weighted by molar-refractivity contribution is 7.13. The van der Waals surface area contributed by atoms with E-state index in [-0.39, 0.29) is 12.4 Å². The predicted octanol–water partition coefficient (Wildman–Crippen LogP) is 1.93. The van der Waals surface area contributed by atoms with Gasteiger partial charge in [-0.15, -0.1) is 11.3 Å². The number of nitrogens with zero attached hydrogens (tertiary/aromatic N) is 1. The van der Waals surface area contributed by atoms with E-state index in [4.69, 9.17) is 5.11 Å². The van der Waals surface area contributed by atoms with Crippen LogP contribution >= 0.6 is 11.3 Å². The first-order chi connectivity index (χ1) is 6.19. The van der Waals surface area contributed by atoms with Crippen molar-refractivity contribution in [1.82, 2.24) is 4.98 Å². The third-order valence-corrected chi connectivity index (χ3v) is 2.94. The van der Waals surface area contributed by atoms with Crippen LogP contribution in [-0.2, 0) is 6.61 Å². The molecule has 0 fully saturated rings. The predicted molar refractivity (Wildman–Crippen MR) is 52.0 cm³/mol. The maximum absolute atomic E-state index is 11.4. The Bertz CT molecular complexity index is 307. The van der Waals surface area contributed by atoms with E-state index in [2.05, 4.69) is 4.98 Å². The van der Waals surface area contributed by atoms with E-state index in [1.807, 2.05) is 13.8 Å². The lowest BCUT2D eigenvalue weighted by atomic mass is 10.2. The number of aromatic nitrogens is 1. The molecular weight excluding hydrogens is 186 g/mol. The lowest BCUT2D eigenvalue weighted by Crippen LogP contribution is -1.96. The van der Waals surface area contributed by atoms with Gasteiger partial charge in [-0.1, -0.05) is 6.92 Å². The molecule has 0 saturated carbocycles. The molecule has 0 atom stereocenters. The second-order valence-electron chi connectivity index (χ2n) is 2.86. The first kappa shape index (κ1) is 10.3. The summed E-state index contributed by atoms with van der Waals surface area (Å²) in [5.41, 5.74) is 0.770. The molecule has 1 heterocycles. The van der Waals surface area contributed by atoms with Crippen molar-refractivity contribution in [3.63, 3.8) is 0 Å². The standard InChI is InChI=1S/C9H13NO2S/c1-3-4-7(12)9-10-6(2)8(5-11)13-9/h11H,3-5H2,1-2H3. The van der Waals surface area contributed by atoms with Crippen LogP contribution in [0, 0.1) is 6.92 Å². The van der Waals surface area contributed by atoms with Crippen LogP contribution in [0.4, 0.5) is 0 Å². The molecule has 0 unspecified atom stereocenters. The SMILES string of the molecule is CCCC(=O)c1nc(C)c(CO)s1. The Morgan fingerprint density at radius 2 is 2.31 bits per heavy atom. The van der Waals surface area contributed by atoms with E-state index in [1.165, 1.54) is 11.3 Å². The van der Waals surface area contributed by atoms with E-state index in [0.717, 1.165) is 17.0 Å². The molecule has 3 nitrogen and oxygen atoms in total. The molecule has 0 aliphatic rings. The topological polar surface area (TPSA) is 50.2 Å². The number of ketones is 1. The zero-order valence-corrected chi connectivity index (χ0v) is 8.65. The van der Waals surface area contributed by atoms with Gasteiger partial charge in [0.25, 0.3) is 0 Å². The molecule has 0 radical (unpaired) electrons. The number of aryl methyl sites for hydroxylation is 1. The van der Waals surface area contributed by atoms with E-state index in [1.54, 1.807) is 0 Å². The Balaban J connectivity index is 2.84. The molecule has 0 aliphatic heterocycles. The summed E-state index contributed by atoms with van der Waals surface area (Å²) in [5.74, 6) is 0.0790. The highest BCUT2D eigenvalue weighted by Crippen LogP contribution is 2.19. The molecule has 0 saturated heterocycles. The van der Waals surface area contributed by atoms with Crippen LogP contribution in [0.15, 0.2) is 0 Å². The molecule has 1 rings (SSSR count). The van der Waals surface area contributed by atoms with Crippen molar-refractivity contribution < 1.29 is 9.90 Å². The first-order valence-corrected chi connectivity index (χ1v) is 5.11. The molecule has 1 aromatic heterocycles. The molecule has 0 bridgehead atoms. The normalized spacial score (nSPS) is 10.4. The minimum absolute atomic E-state index is 0.0249. The zero-order chi connectivity index (χ0) is 9.84. The van der Waals surface area contributed by atoms with Crippen molar-refractivity contribution in [1.29, 1.82) is 0 Å². The van der Waals surface area contributed by atoms with E-state index in [9.17, 15) is 4.79 Å². The first-order valence-electron chi connectivity index (χ1n) is 4.29. The van der Waals surface area contributed by atoms with Gasteiger partial charge >= 0.3 is 0 Å². The van der Waals surface area contributed by atoms with E-state index in [0.29, 0.717) is 11.4 Å². The van der Waals surface area contributed by atoms with Crippen molar-refractivity contribution >= 4 is 17.1 Å². The van der Waals surface area contributed by atoms with Gasteiger partial charge in [0.1, 0.15) is 0 Å². The Labute approximate surface area is 81.4 Å². The van der Waals surface area contributed by atoms with E-state index >= 15 is 0 Å². The van der Waals surface area contributed by atoms with Crippen LogP contribution in [0.5, 0.6) is 0 Å². The highest BCUT2D eigenvalue weighted by Gasteiger charge is 2.12. The number of Topliss-reactive ketones (excluding diaryl/α,β-unsaturated/α-hetero) is 1. The monoisotopic (exact) mass is 199 g/mol. The minimum Gasteiger partial charge on any atom is -0.391 e. The molecule has 13 heavy (non-hydrogen) atoms. The van der Waals surface area contributed by atoms with Crippen molar-refractivity contribution in [2.24, 2.45) is 0 Å². The summed E-state index contributed by atoms with van der Waals surface area (Å²) >= 11 is 1.30. The number of rotatable bonds is 4. The third kappa shape index (κ3) is 2.35. The Kier molecular flexibility index (Phi) is 3.57. The van der Waals surface area contributed by atoms with Crippen molar-refractivity contribution in [2.75, 3.05) is 0 Å². The van der Waals surface area contributed by atoms with Crippen molar-refractivity contribution in [2.45, 2.75) is 33.3 Å². The van der Waals surface area contributed by atoms with Crippen LogP contribution < -0.4 is 0 Å². The van der Waals surface area contributed by atoms with E-state index < -0.39 is 0 Å². The average molecular weight is 199 g/mol. The summed E-state index contributed by atoms with van der Waals surface area (Å²) in [4.78, 5) is 16.3. The molecule has 0 spiro atoms. The number of aliphatic hydroxyl groups is 1. The Morgan fingerprint density at radius 1 is 1.62 bits per heavy atom. The summed E-state index contributed by atoms with van der Waals surface area (Å²) in [6, 6.07) is 0. The zero-order valence-electron chi connectivity index (χ0n) is 7.83. The largest absolute Gasteiger partial charge is 0.391 e. The second-order valence-corrected chi connectivity index (χ2v) is 3.94. The highest BCUT2D eigenvalue weighted by atomic mass is 32.1. The maximum atomic E-state index is 11.4. The van der Waals surface area contributed by atoms with Crippen LogP contribution in [0.3, 0.4) is 0 Å². The van der Waals surface area contributed by atoms with Gasteiger partial charge in [-0.3, -0.25) is 4.79 Å². The molecule has 0 aromatic carbocycles. The Hall–Kier alpha value is -0.740. The van der Waals surface area contributed by atoms with Crippen LogP contribution in [0.2, 0.25) is 0 Å². The fourth-order valence-electron chi connectivity index (χ4n) is 1.03. The maximum Gasteiger partial charge on any atom is 0.191 e. The number of aliphatic hydroxyl groups excluding tert-OH is 1. The molecule has 4 heteroatoms. The number of carbonyl (C=O) groups excluding carboxylic acids is 1. The molecule has 0 aliphatic carbocycles. The summed E-state index contributed by atoms with van der Waals surface area (Å²) in [6.07, 6.45) is 1.38. The quantitative estimate of drug-likeness (QED) is 0.754. The lowest BCUT2D eigenvalue weighted by molar-refractivity contribution is 0.0981. The summed E-state index contributed by atoms with van der Waals surface area (Å²) < 4.78 is 0. The number of thiazole rings is 1. The van der Waals surface area contributed by atoms with Gasteiger partial charge in [-0.2, -0.15) is 0 Å². The second kappa shape index (κ2) is 4.48. The summed E-state index contributed by atoms with van der Waals surface area (Å²) in [6.45, 7) is 3.75. The fraction of sp³-hybridized carbons (Fsp3) is 0.556. The molecule has 1 aromatic rings. The lowest BCUT2D eigenvalue weighted by Gasteiger charge is -1.90.